The summed E-state index contributed by atoms with van der Waals surface area (Å²) in [7, 11) is 1.21. The van der Waals surface area contributed by atoms with Gasteiger partial charge in [0.15, 0.2) is 5.82 Å². The van der Waals surface area contributed by atoms with Crippen LogP contribution in [0.4, 0.5) is 14.9 Å². The fraction of sp³-hybridized carbons (Fsp3) is 0.125. The first-order valence-corrected chi connectivity index (χ1v) is 4.29. The molecule has 0 atom stereocenters. The van der Waals surface area contributed by atoms with Gasteiger partial charge in [-0.15, -0.1) is 0 Å². The highest BCUT2D eigenvalue weighted by Gasteiger charge is 2.09. The molecule has 0 fully saturated rings. The van der Waals surface area contributed by atoms with Gasteiger partial charge in [0, 0.05) is 5.69 Å². The van der Waals surface area contributed by atoms with Crippen molar-refractivity contribution in [3.8, 4) is 0 Å². The molecule has 0 aliphatic heterocycles. The Balaban J connectivity index is 2.95. The molecule has 0 unspecified atom stereocenters. The summed E-state index contributed by atoms with van der Waals surface area (Å²) in [6.07, 6.45) is -0.677. The number of carbonyl (C=O) groups is 1. The summed E-state index contributed by atoms with van der Waals surface area (Å²) in [4.78, 5) is 10.8. The molecule has 3 nitrogen and oxygen atoms in total. The summed E-state index contributed by atoms with van der Waals surface area (Å²) in [6.45, 7) is 0. The molecule has 1 rings (SSSR count). The number of hydrogen-bond donors (Lipinski definition) is 1. The van der Waals surface area contributed by atoms with Gasteiger partial charge >= 0.3 is 6.09 Å². The highest BCUT2D eigenvalue weighted by atomic mass is 35.5. The molecule has 0 saturated carbocycles. The lowest BCUT2D eigenvalue weighted by Crippen LogP contribution is -2.10. The first-order valence-electron chi connectivity index (χ1n) is 3.54. The number of ether oxygens (including phenoxy) is 1. The largest absolute Gasteiger partial charge is 0.453 e. The van der Waals surface area contributed by atoms with Gasteiger partial charge in [-0.3, -0.25) is 5.32 Å². The van der Waals surface area contributed by atoms with Gasteiger partial charge in [-0.2, -0.15) is 0 Å². The minimum absolute atomic E-state index is 0.163. The number of hydrogen-bond acceptors (Lipinski definition) is 2. The Morgan fingerprint density at radius 2 is 1.93 bits per heavy atom. The standard InChI is InChI=1S/C8H6Cl2FNO2/c1-14-8(13)12-4-2-5(9)7(11)6(10)3-4/h2-3H,1H3,(H,12,13). The third-order valence-corrected chi connectivity index (χ3v) is 1.97. The van der Waals surface area contributed by atoms with Crippen molar-refractivity contribution < 1.29 is 13.9 Å². The van der Waals surface area contributed by atoms with Crippen molar-refractivity contribution in [3.63, 3.8) is 0 Å². The molecule has 0 saturated heterocycles. The molecule has 0 spiro atoms. The fourth-order valence-corrected chi connectivity index (χ4v) is 1.28. The molecule has 76 valence electrons. The first kappa shape index (κ1) is 11.1. The number of anilines is 1. The zero-order chi connectivity index (χ0) is 10.7. The predicted octanol–water partition coefficient (Wildman–Crippen LogP) is 3.31. The van der Waals surface area contributed by atoms with Crippen LogP contribution in [0, 0.1) is 5.82 Å². The molecule has 1 aromatic carbocycles. The van der Waals surface area contributed by atoms with Crippen LogP contribution in [0.3, 0.4) is 0 Å². The van der Waals surface area contributed by atoms with E-state index in [4.69, 9.17) is 23.2 Å². The summed E-state index contributed by atoms with van der Waals surface area (Å²) in [5, 5.41) is 1.98. The summed E-state index contributed by atoms with van der Waals surface area (Å²) in [6, 6.07) is 2.47. The maximum atomic E-state index is 12.9. The molecule has 1 amide bonds. The third kappa shape index (κ3) is 2.49. The van der Waals surface area contributed by atoms with E-state index in [2.05, 4.69) is 10.1 Å². The fourth-order valence-electron chi connectivity index (χ4n) is 0.797. The first-order chi connectivity index (χ1) is 6.54. The molecule has 0 bridgehead atoms. The Hall–Kier alpha value is -1.00. The van der Waals surface area contributed by atoms with Crippen LogP contribution in [0.25, 0.3) is 0 Å². The van der Waals surface area contributed by atoms with Crippen LogP contribution in [0.2, 0.25) is 10.0 Å². The van der Waals surface area contributed by atoms with Gasteiger partial charge in [-0.1, -0.05) is 23.2 Å². The van der Waals surface area contributed by atoms with Gasteiger partial charge in [-0.25, -0.2) is 9.18 Å². The van der Waals surface area contributed by atoms with E-state index >= 15 is 0 Å². The number of nitrogens with one attached hydrogen (secondary N) is 1. The van der Waals surface area contributed by atoms with Gasteiger partial charge in [-0.05, 0) is 12.1 Å². The zero-order valence-electron chi connectivity index (χ0n) is 7.11. The molecule has 0 aliphatic carbocycles. The normalized spacial score (nSPS) is 9.71. The molecule has 0 radical (unpaired) electrons. The number of benzene rings is 1. The van der Waals surface area contributed by atoms with Gasteiger partial charge in [0.1, 0.15) is 0 Å². The van der Waals surface area contributed by atoms with Crippen molar-refractivity contribution in [1.82, 2.24) is 0 Å². The molecule has 0 aliphatic rings. The van der Waals surface area contributed by atoms with Crippen molar-refractivity contribution in [2.45, 2.75) is 0 Å². The molecule has 6 heteroatoms. The van der Waals surface area contributed by atoms with Gasteiger partial charge in [0.25, 0.3) is 0 Å². The summed E-state index contributed by atoms with van der Waals surface area (Å²) in [5.41, 5.74) is 0.272. The van der Waals surface area contributed by atoms with Crippen molar-refractivity contribution in [3.05, 3.63) is 28.0 Å². The average molecular weight is 238 g/mol. The Labute approximate surface area is 89.8 Å². The zero-order valence-corrected chi connectivity index (χ0v) is 8.62. The smallest absolute Gasteiger partial charge is 0.411 e. The van der Waals surface area contributed by atoms with Crippen molar-refractivity contribution in [1.29, 1.82) is 0 Å². The maximum absolute atomic E-state index is 12.9. The second-order valence-corrected chi connectivity index (χ2v) is 3.18. The minimum atomic E-state index is -0.719. The van der Waals surface area contributed by atoms with Crippen molar-refractivity contribution in [2.24, 2.45) is 0 Å². The summed E-state index contributed by atoms with van der Waals surface area (Å²) >= 11 is 11.0. The molecule has 1 N–H and O–H groups in total. The van der Waals surface area contributed by atoms with E-state index in [1.807, 2.05) is 0 Å². The van der Waals surface area contributed by atoms with E-state index in [1.54, 1.807) is 0 Å². The third-order valence-electron chi connectivity index (χ3n) is 1.42. The number of methoxy groups -OCH3 is 1. The number of rotatable bonds is 1. The Bertz CT molecular complexity index is 347. The van der Waals surface area contributed by atoms with Crippen LogP contribution < -0.4 is 5.32 Å². The lowest BCUT2D eigenvalue weighted by atomic mass is 10.3. The number of amides is 1. The molecule has 0 aromatic heterocycles. The Kier molecular flexibility index (Phi) is 3.55. The predicted molar refractivity (Wildman–Crippen MR) is 52.4 cm³/mol. The van der Waals surface area contributed by atoms with Gasteiger partial charge in [0.05, 0.1) is 17.2 Å². The summed E-state index contributed by atoms with van der Waals surface area (Å²) in [5.74, 6) is -0.719. The molecular formula is C8H6Cl2FNO2. The van der Waals surface area contributed by atoms with Crippen LogP contribution >= 0.6 is 23.2 Å². The Morgan fingerprint density at radius 1 is 1.43 bits per heavy atom. The molecule has 1 aromatic rings. The lowest BCUT2D eigenvalue weighted by Gasteiger charge is -2.05. The number of carbonyl (C=O) groups excluding carboxylic acids is 1. The topological polar surface area (TPSA) is 38.3 Å². The molecular weight excluding hydrogens is 232 g/mol. The van der Waals surface area contributed by atoms with Crippen LogP contribution in [0.15, 0.2) is 12.1 Å². The Morgan fingerprint density at radius 3 is 2.36 bits per heavy atom. The van der Waals surface area contributed by atoms with Crippen LogP contribution in [-0.4, -0.2) is 13.2 Å². The highest BCUT2D eigenvalue weighted by molar-refractivity contribution is 6.35. The van der Waals surface area contributed by atoms with E-state index in [1.165, 1.54) is 19.2 Å². The van der Waals surface area contributed by atoms with Gasteiger partial charge < -0.3 is 4.74 Å². The second-order valence-electron chi connectivity index (χ2n) is 2.37. The van der Waals surface area contributed by atoms with Gasteiger partial charge in [0.2, 0.25) is 0 Å². The van der Waals surface area contributed by atoms with Crippen LogP contribution in [0.1, 0.15) is 0 Å². The average Bonchev–Trinajstić information content (AvgIpc) is 2.14. The van der Waals surface area contributed by atoms with Crippen LogP contribution in [-0.2, 0) is 4.74 Å². The van der Waals surface area contributed by atoms with Crippen molar-refractivity contribution in [2.75, 3.05) is 12.4 Å². The second kappa shape index (κ2) is 4.48. The van der Waals surface area contributed by atoms with Crippen molar-refractivity contribution >= 4 is 35.0 Å². The minimum Gasteiger partial charge on any atom is -0.453 e. The monoisotopic (exact) mass is 237 g/mol. The highest BCUT2D eigenvalue weighted by Crippen LogP contribution is 2.27. The van der Waals surface area contributed by atoms with Crippen LogP contribution in [0.5, 0.6) is 0 Å². The van der Waals surface area contributed by atoms with E-state index in [0.29, 0.717) is 0 Å². The quantitative estimate of drug-likeness (QED) is 0.762. The SMILES string of the molecule is COC(=O)Nc1cc(Cl)c(F)c(Cl)c1. The maximum Gasteiger partial charge on any atom is 0.411 e. The molecule has 0 heterocycles. The van der Waals surface area contributed by atoms with E-state index in [-0.39, 0.29) is 15.7 Å². The summed E-state index contributed by atoms with van der Waals surface area (Å²) < 4.78 is 17.3. The lowest BCUT2D eigenvalue weighted by molar-refractivity contribution is 0.187. The molecule has 14 heavy (non-hydrogen) atoms. The van der Waals surface area contributed by atoms with E-state index in [9.17, 15) is 9.18 Å². The number of halogens is 3. The van der Waals surface area contributed by atoms with E-state index < -0.39 is 11.9 Å². The van der Waals surface area contributed by atoms with E-state index in [0.717, 1.165) is 0 Å².